The lowest BCUT2D eigenvalue weighted by molar-refractivity contribution is -0.123. The number of nitrogens with zero attached hydrogens (tertiary/aromatic N) is 2. The highest BCUT2D eigenvalue weighted by Crippen LogP contribution is 2.30. The van der Waals surface area contributed by atoms with Crippen molar-refractivity contribution in [1.82, 2.24) is 9.88 Å². The normalized spacial score (nSPS) is 17.7. The van der Waals surface area contributed by atoms with Crippen LogP contribution in [-0.4, -0.2) is 39.8 Å². The van der Waals surface area contributed by atoms with Crippen LogP contribution in [0.1, 0.15) is 50.2 Å². The van der Waals surface area contributed by atoms with Crippen LogP contribution in [0.3, 0.4) is 0 Å². The number of fused-ring (bicyclic) bond motifs is 1. The maximum absolute atomic E-state index is 12.3. The number of hydrogen-bond acceptors (Lipinski definition) is 6. The van der Waals surface area contributed by atoms with E-state index >= 15 is 0 Å². The summed E-state index contributed by atoms with van der Waals surface area (Å²) in [5.41, 5.74) is 1.53. The quantitative estimate of drug-likeness (QED) is 0.619. The van der Waals surface area contributed by atoms with Crippen LogP contribution < -0.4 is 0 Å². The molecule has 1 aromatic carbocycles. The zero-order valence-electron chi connectivity index (χ0n) is 13.2. The standard InChI is InChI=1S/C18H14N2O4S/c21-13-5-6-14(22)15(13)16-19-10(9-25-16)7-8-20-17(23)11-3-1-2-4-12(11)18(20)24/h1-4,9,15H,5-8H2. The van der Waals surface area contributed by atoms with Gasteiger partial charge in [0.15, 0.2) is 11.6 Å². The smallest absolute Gasteiger partial charge is 0.261 e. The van der Waals surface area contributed by atoms with Gasteiger partial charge in [0.05, 0.1) is 16.8 Å². The Balaban J connectivity index is 1.47. The second-order valence-corrected chi connectivity index (χ2v) is 6.99. The molecule has 0 bridgehead atoms. The van der Waals surface area contributed by atoms with E-state index in [9.17, 15) is 19.2 Å². The number of Topliss-reactive ketones (excluding diaryl/α,β-unsaturated/α-hetero) is 2. The SMILES string of the molecule is O=C1CCC(=O)C1c1nc(CCN2C(=O)c3ccccc3C2=O)cs1. The molecule has 4 rings (SSSR count). The summed E-state index contributed by atoms with van der Waals surface area (Å²) in [4.78, 5) is 53.9. The van der Waals surface area contributed by atoms with Crippen molar-refractivity contribution < 1.29 is 19.2 Å². The minimum atomic E-state index is -0.724. The summed E-state index contributed by atoms with van der Waals surface area (Å²) in [5.74, 6) is -1.47. The summed E-state index contributed by atoms with van der Waals surface area (Å²) in [5, 5.41) is 2.30. The monoisotopic (exact) mass is 354 g/mol. The number of aromatic nitrogens is 1. The van der Waals surface area contributed by atoms with Crippen LogP contribution in [0, 0.1) is 0 Å². The van der Waals surface area contributed by atoms with Gasteiger partial charge in [-0.05, 0) is 12.1 Å². The average molecular weight is 354 g/mol. The lowest BCUT2D eigenvalue weighted by Crippen LogP contribution is -2.31. The third kappa shape index (κ3) is 2.60. The second kappa shape index (κ2) is 6.00. The molecule has 0 radical (unpaired) electrons. The zero-order chi connectivity index (χ0) is 17.6. The molecule has 1 aliphatic heterocycles. The molecule has 1 aromatic heterocycles. The fourth-order valence-corrected chi connectivity index (χ4v) is 4.22. The Bertz CT molecular complexity index is 866. The molecule has 2 aliphatic rings. The largest absolute Gasteiger partial charge is 0.298 e. The molecule has 1 fully saturated rings. The van der Waals surface area contributed by atoms with E-state index < -0.39 is 5.92 Å². The summed E-state index contributed by atoms with van der Waals surface area (Å²) >= 11 is 1.28. The van der Waals surface area contributed by atoms with E-state index in [4.69, 9.17) is 0 Å². The van der Waals surface area contributed by atoms with Crippen LogP contribution in [0.2, 0.25) is 0 Å². The number of ketones is 2. The summed E-state index contributed by atoms with van der Waals surface area (Å²) < 4.78 is 0. The van der Waals surface area contributed by atoms with Crippen molar-refractivity contribution >= 4 is 34.7 Å². The lowest BCUT2D eigenvalue weighted by Gasteiger charge is -2.12. The van der Waals surface area contributed by atoms with Crippen LogP contribution >= 0.6 is 11.3 Å². The van der Waals surface area contributed by atoms with Crippen molar-refractivity contribution in [2.75, 3.05) is 6.54 Å². The zero-order valence-corrected chi connectivity index (χ0v) is 14.0. The van der Waals surface area contributed by atoms with Crippen LogP contribution in [0.25, 0.3) is 0 Å². The van der Waals surface area contributed by atoms with E-state index in [0.717, 1.165) is 0 Å². The molecule has 2 aromatic rings. The third-order valence-corrected chi connectivity index (χ3v) is 5.51. The maximum Gasteiger partial charge on any atom is 0.261 e. The molecular formula is C18H14N2O4S. The predicted octanol–water partition coefficient (Wildman–Crippen LogP) is 2.00. The Morgan fingerprint density at radius 2 is 1.60 bits per heavy atom. The van der Waals surface area contributed by atoms with Gasteiger partial charge in [-0.25, -0.2) is 4.98 Å². The van der Waals surface area contributed by atoms with Crippen molar-refractivity contribution in [1.29, 1.82) is 0 Å². The van der Waals surface area contributed by atoms with Gasteiger partial charge >= 0.3 is 0 Å². The summed E-state index contributed by atoms with van der Waals surface area (Å²) in [6.45, 7) is 0.224. The Kier molecular flexibility index (Phi) is 3.80. The number of benzene rings is 1. The fraction of sp³-hybridized carbons (Fsp3) is 0.278. The van der Waals surface area contributed by atoms with E-state index in [-0.39, 0.29) is 42.8 Å². The molecule has 7 heteroatoms. The maximum atomic E-state index is 12.3. The minimum Gasteiger partial charge on any atom is -0.298 e. The first-order chi connectivity index (χ1) is 12.1. The number of carbonyl (C=O) groups excluding carboxylic acids is 4. The number of amides is 2. The van der Waals surface area contributed by atoms with E-state index in [1.807, 2.05) is 0 Å². The molecule has 0 atom stereocenters. The molecule has 0 unspecified atom stereocenters. The number of imide groups is 1. The molecule has 0 spiro atoms. The first kappa shape index (κ1) is 15.8. The summed E-state index contributed by atoms with van der Waals surface area (Å²) in [7, 11) is 0. The second-order valence-electron chi connectivity index (χ2n) is 6.10. The molecule has 0 saturated heterocycles. The number of thiazole rings is 1. The highest BCUT2D eigenvalue weighted by atomic mass is 32.1. The Hall–Kier alpha value is -2.67. The first-order valence-corrected chi connectivity index (χ1v) is 8.89. The van der Waals surface area contributed by atoms with Gasteiger partial charge in [-0.1, -0.05) is 12.1 Å². The van der Waals surface area contributed by atoms with Gasteiger partial charge < -0.3 is 0 Å². The van der Waals surface area contributed by atoms with Crippen molar-refractivity contribution in [2.45, 2.75) is 25.2 Å². The van der Waals surface area contributed by atoms with Gasteiger partial charge in [-0.3, -0.25) is 24.1 Å². The fourth-order valence-electron chi connectivity index (χ4n) is 3.23. The summed E-state index contributed by atoms with van der Waals surface area (Å²) in [6, 6.07) is 6.76. The molecule has 1 saturated carbocycles. The number of carbonyl (C=O) groups is 4. The van der Waals surface area contributed by atoms with Crippen molar-refractivity contribution in [3.63, 3.8) is 0 Å². The lowest BCUT2D eigenvalue weighted by atomic mass is 10.1. The van der Waals surface area contributed by atoms with E-state index in [0.29, 0.717) is 28.2 Å². The van der Waals surface area contributed by atoms with E-state index in [1.165, 1.54) is 16.2 Å². The van der Waals surface area contributed by atoms with Crippen LogP contribution in [0.5, 0.6) is 0 Å². The molecule has 1 aliphatic carbocycles. The van der Waals surface area contributed by atoms with Crippen LogP contribution in [0.4, 0.5) is 0 Å². The molecule has 2 amide bonds. The Labute approximate surface area is 147 Å². The van der Waals surface area contributed by atoms with Gasteiger partial charge in [0.25, 0.3) is 11.8 Å². The highest BCUT2D eigenvalue weighted by molar-refractivity contribution is 7.10. The summed E-state index contributed by atoms with van der Waals surface area (Å²) in [6.07, 6.45) is 0.970. The molecule has 25 heavy (non-hydrogen) atoms. The average Bonchev–Trinajstić information content (AvgIpc) is 3.26. The van der Waals surface area contributed by atoms with E-state index in [2.05, 4.69) is 4.98 Å². The van der Waals surface area contributed by atoms with Gasteiger partial charge in [0, 0.05) is 31.2 Å². The van der Waals surface area contributed by atoms with Gasteiger partial charge in [0.1, 0.15) is 10.9 Å². The topological polar surface area (TPSA) is 84.4 Å². The third-order valence-electron chi connectivity index (χ3n) is 4.55. The van der Waals surface area contributed by atoms with E-state index in [1.54, 1.807) is 29.6 Å². The molecule has 126 valence electrons. The van der Waals surface area contributed by atoms with Crippen molar-refractivity contribution in [2.24, 2.45) is 0 Å². The van der Waals surface area contributed by atoms with Crippen LogP contribution in [0.15, 0.2) is 29.6 Å². The minimum absolute atomic E-state index is 0.0775. The van der Waals surface area contributed by atoms with Gasteiger partial charge in [-0.2, -0.15) is 0 Å². The number of rotatable bonds is 4. The van der Waals surface area contributed by atoms with Crippen LogP contribution in [-0.2, 0) is 16.0 Å². The Morgan fingerprint density at radius 1 is 1.00 bits per heavy atom. The van der Waals surface area contributed by atoms with Crippen molar-refractivity contribution in [3.8, 4) is 0 Å². The molecular weight excluding hydrogens is 340 g/mol. The van der Waals surface area contributed by atoms with Crippen molar-refractivity contribution in [3.05, 3.63) is 51.5 Å². The number of hydrogen-bond donors (Lipinski definition) is 0. The molecule has 0 N–H and O–H groups in total. The molecule has 6 nitrogen and oxygen atoms in total. The highest BCUT2D eigenvalue weighted by Gasteiger charge is 2.37. The first-order valence-electron chi connectivity index (χ1n) is 8.01. The Morgan fingerprint density at radius 3 is 2.20 bits per heavy atom. The van der Waals surface area contributed by atoms with Gasteiger partial charge in [0.2, 0.25) is 0 Å². The predicted molar refractivity (Wildman–Crippen MR) is 89.6 cm³/mol. The van der Waals surface area contributed by atoms with Gasteiger partial charge in [-0.15, -0.1) is 11.3 Å². The molecule has 2 heterocycles.